The average molecular weight is 421 g/mol. The van der Waals surface area contributed by atoms with Gasteiger partial charge in [0.2, 0.25) is 5.91 Å². The summed E-state index contributed by atoms with van der Waals surface area (Å²) < 4.78 is 3.64. The molecule has 2 N–H and O–H groups in total. The van der Waals surface area contributed by atoms with Crippen molar-refractivity contribution in [2.24, 2.45) is 14.1 Å². The lowest BCUT2D eigenvalue weighted by atomic mass is 9.99. The standard InChI is InChI=1S/C22H21ClN6O/c1-12-6-20(30)26-18-9-15(23)8-16(22(18)25-12)13-4-5-19-17(7-13)21(27-29(19)3)14-10-24-28(2)11-14/h4-5,7-12,25H,6H2,1-3H3,(H,26,30)/t12-/m1/s1. The van der Waals surface area contributed by atoms with Crippen molar-refractivity contribution in [3.8, 4) is 22.4 Å². The van der Waals surface area contributed by atoms with Crippen LogP contribution in [0.25, 0.3) is 33.3 Å². The summed E-state index contributed by atoms with van der Waals surface area (Å²) in [6.45, 7) is 2.00. The summed E-state index contributed by atoms with van der Waals surface area (Å²) in [5, 5.41) is 17.0. The number of nitrogens with one attached hydrogen (secondary N) is 2. The monoisotopic (exact) mass is 420 g/mol. The number of aryl methyl sites for hydroxylation is 2. The zero-order chi connectivity index (χ0) is 21.0. The summed E-state index contributed by atoms with van der Waals surface area (Å²) in [5.41, 5.74) is 6.38. The number of halogens is 1. The van der Waals surface area contributed by atoms with E-state index in [0.29, 0.717) is 17.1 Å². The number of hydrogen-bond acceptors (Lipinski definition) is 4. The number of amides is 1. The fourth-order valence-corrected chi connectivity index (χ4v) is 4.27. The van der Waals surface area contributed by atoms with Crippen LogP contribution in [0.5, 0.6) is 0 Å². The third-order valence-corrected chi connectivity index (χ3v) is 5.62. The van der Waals surface area contributed by atoms with Crippen molar-refractivity contribution in [3.63, 3.8) is 0 Å². The Bertz CT molecular complexity index is 1300. The number of benzene rings is 2. The molecule has 7 nitrogen and oxygen atoms in total. The Morgan fingerprint density at radius 3 is 2.77 bits per heavy atom. The first-order chi connectivity index (χ1) is 14.4. The fraction of sp³-hybridized carbons (Fsp3) is 0.227. The molecule has 8 heteroatoms. The van der Waals surface area contributed by atoms with E-state index >= 15 is 0 Å². The van der Waals surface area contributed by atoms with Crippen molar-refractivity contribution in [1.29, 1.82) is 0 Å². The van der Waals surface area contributed by atoms with Gasteiger partial charge >= 0.3 is 0 Å². The predicted octanol–water partition coefficient (Wildman–Crippen LogP) is 4.44. The summed E-state index contributed by atoms with van der Waals surface area (Å²) in [6, 6.07) is 9.96. The van der Waals surface area contributed by atoms with Crippen LogP contribution in [0.4, 0.5) is 11.4 Å². The van der Waals surface area contributed by atoms with Gasteiger partial charge in [0.1, 0.15) is 5.69 Å². The Labute approximate surface area is 178 Å². The van der Waals surface area contributed by atoms with Crippen LogP contribution in [0.15, 0.2) is 42.7 Å². The van der Waals surface area contributed by atoms with E-state index in [1.54, 1.807) is 10.7 Å². The van der Waals surface area contributed by atoms with Gasteiger partial charge in [-0.2, -0.15) is 10.2 Å². The molecule has 0 bridgehead atoms. The van der Waals surface area contributed by atoms with Gasteiger partial charge in [-0.15, -0.1) is 0 Å². The van der Waals surface area contributed by atoms with Crippen LogP contribution in [0.2, 0.25) is 5.02 Å². The van der Waals surface area contributed by atoms with Crippen molar-refractivity contribution in [1.82, 2.24) is 19.6 Å². The van der Waals surface area contributed by atoms with E-state index in [1.165, 1.54) is 0 Å². The maximum absolute atomic E-state index is 12.2. The average Bonchev–Trinajstić information content (AvgIpc) is 3.22. The third-order valence-electron chi connectivity index (χ3n) is 5.40. The van der Waals surface area contributed by atoms with Crippen molar-refractivity contribution in [2.75, 3.05) is 10.6 Å². The molecular formula is C22H21ClN6O. The highest BCUT2D eigenvalue weighted by atomic mass is 35.5. The maximum Gasteiger partial charge on any atom is 0.226 e. The summed E-state index contributed by atoms with van der Waals surface area (Å²) in [4.78, 5) is 12.2. The van der Waals surface area contributed by atoms with Crippen LogP contribution in [-0.4, -0.2) is 31.5 Å². The second-order valence-electron chi connectivity index (χ2n) is 7.78. The Hall–Kier alpha value is -3.32. The molecule has 1 amide bonds. The topological polar surface area (TPSA) is 76.8 Å². The van der Waals surface area contributed by atoms with Crippen LogP contribution in [0, 0.1) is 0 Å². The number of fused-ring (bicyclic) bond motifs is 2. The van der Waals surface area contributed by atoms with Crippen molar-refractivity contribution in [3.05, 3.63) is 47.7 Å². The van der Waals surface area contributed by atoms with Crippen LogP contribution < -0.4 is 10.6 Å². The molecule has 1 atom stereocenters. The smallest absolute Gasteiger partial charge is 0.226 e. The minimum absolute atomic E-state index is 0.0132. The van der Waals surface area contributed by atoms with Crippen LogP contribution in [0.3, 0.4) is 0 Å². The highest BCUT2D eigenvalue weighted by Crippen LogP contribution is 2.41. The molecule has 1 aliphatic heterocycles. The highest BCUT2D eigenvalue weighted by Gasteiger charge is 2.22. The molecule has 0 fully saturated rings. The number of carbonyl (C=O) groups is 1. The van der Waals surface area contributed by atoms with Gasteiger partial charge < -0.3 is 10.6 Å². The molecule has 4 aromatic rings. The van der Waals surface area contributed by atoms with E-state index in [9.17, 15) is 4.79 Å². The first-order valence-corrected chi connectivity index (χ1v) is 10.1. The minimum Gasteiger partial charge on any atom is -0.380 e. The first kappa shape index (κ1) is 18.7. The Morgan fingerprint density at radius 1 is 1.17 bits per heavy atom. The number of carbonyl (C=O) groups excluding carboxylic acids is 1. The SMILES string of the molecule is C[C@@H]1CC(=O)Nc2cc(Cl)cc(-c3ccc4c(c3)c(-c3cnn(C)c3)nn4C)c2N1. The number of nitrogens with zero attached hydrogens (tertiary/aromatic N) is 4. The van der Waals surface area contributed by atoms with Gasteiger partial charge in [-0.05, 0) is 36.8 Å². The van der Waals surface area contributed by atoms with Crippen molar-refractivity contribution >= 4 is 39.8 Å². The largest absolute Gasteiger partial charge is 0.380 e. The zero-order valence-corrected chi connectivity index (χ0v) is 17.7. The van der Waals surface area contributed by atoms with E-state index in [-0.39, 0.29) is 11.9 Å². The molecule has 2 aromatic heterocycles. The van der Waals surface area contributed by atoms with Gasteiger partial charge in [0.05, 0.1) is 23.1 Å². The van der Waals surface area contributed by atoms with Gasteiger partial charge in [0, 0.05) is 54.3 Å². The summed E-state index contributed by atoms with van der Waals surface area (Å²) in [5.74, 6) is -0.0245. The molecule has 0 saturated carbocycles. The van der Waals surface area contributed by atoms with Gasteiger partial charge in [-0.1, -0.05) is 17.7 Å². The molecule has 0 aliphatic carbocycles. The number of hydrogen-bond donors (Lipinski definition) is 2. The van der Waals surface area contributed by atoms with Crippen LogP contribution in [0.1, 0.15) is 13.3 Å². The van der Waals surface area contributed by atoms with E-state index in [2.05, 4.69) is 33.9 Å². The van der Waals surface area contributed by atoms with Crippen molar-refractivity contribution in [2.45, 2.75) is 19.4 Å². The van der Waals surface area contributed by atoms with Gasteiger partial charge in [0.25, 0.3) is 0 Å². The van der Waals surface area contributed by atoms with Crippen LogP contribution in [-0.2, 0) is 18.9 Å². The molecule has 2 aromatic carbocycles. The zero-order valence-electron chi connectivity index (χ0n) is 16.9. The molecular weight excluding hydrogens is 400 g/mol. The predicted molar refractivity (Wildman–Crippen MR) is 120 cm³/mol. The summed E-state index contributed by atoms with van der Waals surface area (Å²) in [6.07, 6.45) is 4.18. The molecule has 0 saturated heterocycles. The molecule has 1 aliphatic rings. The summed E-state index contributed by atoms with van der Waals surface area (Å²) >= 11 is 6.41. The van der Waals surface area contributed by atoms with Gasteiger partial charge in [-0.25, -0.2) is 0 Å². The van der Waals surface area contributed by atoms with E-state index in [0.717, 1.165) is 39.0 Å². The molecule has 30 heavy (non-hydrogen) atoms. The number of aromatic nitrogens is 4. The van der Waals surface area contributed by atoms with Crippen molar-refractivity contribution < 1.29 is 4.79 Å². The van der Waals surface area contributed by atoms with Crippen LogP contribution >= 0.6 is 11.6 Å². The lowest BCUT2D eigenvalue weighted by Crippen LogP contribution is -2.19. The molecule has 0 spiro atoms. The highest BCUT2D eigenvalue weighted by molar-refractivity contribution is 6.31. The first-order valence-electron chi connectivity index (χ1n) is 9.75. The number of rotatable bonds is 2. The second-order valence-corrected chi connectivity index (χ2v) is 8.22. The molecule has 3 heterocycles. The maximum atomic E-state index is 12.2. The van der Waals surface area contributed by atoms with E-state index in [4.69, 9.17) is 16.7 Å². The Morgan fingerprint density at radius 2 is 2.00 bits per heavy atom. The fourth-order valence-electron chi connectivity index (χ4n) is 4.06. The molecule has 152 valence electrons. The number of anilines is 2. The normalized spacial score (nSPS) is 16.1. The lowest BCUT2D eigenvalue weighted by molar-refractivity contribution is -0.116. The quantitative estimate of drug-likeness (QED) is 0.502. The molecule has 5 rings (SSSR count). The summed E-state index contributed by atoms with van der Waals surface area (Å²) in [7, 11) is 3.83. The molecule has 0 unspecified atom stereocenters. The van der Waals surface area contributed by atoms with Gasteiger partial charge in [0.15, 0.2) is 0 Å². The van der Waals surface area contributed by atoms with Gasteiger partial charge in [-0.3, -0.25) is 14.2 Å². The van der Waals surface area contributed by atoms with E-state index < -0.39 is 0 Å². The second kappa shape index (κ2) is 6.88. The Kier molecular flexibility index (Phi) is 4.29. The molecule has 0 radical (unpaired) electrons. The van der Waals surface area contributed by atoms with E-state index in [1.807, 2.05) is 44.2 Å². The third kappa shape index (κ3) is 3.11. The Balaban J connectivity index is 1.72. The minimum atomic E-state index is -0.0245. The lowest BCUT2D eigenvalue weighted by Gasteiger charge is -2.17.